The standard InChI is InChI=1S/C20H21F3N4O3S/c1-10-7-26-13(8-25-10)14(28)6-11-5-12(21)17(23)15(16(11)22)20(4)9-31(29,30)19(2,3)18(24)27-20/h5,7-8H,6,9H2,1-4H3,(H2,24,27)/t20-/m0/s1. The molecule has 2 N–H and O–H groups in total. The number of ketones is 1. The van der Waals surface area contributed by atoms with Crippen LogP contribution >= 0.6 is 0 Å². The number of nitrogens with two attached hydrogens (primary N) is 1. The van der Waals surface area contributed by atoms with Gasteiger partial charge in [0.25, 0.3) is 0 Å². The fourth-order valence-corrected chi connectivity index (χ4v) is 5.00. The SMILES string of the molecule is Cc1cnc(C(=O)Cc2cc(F)c(F)c([C@]3(C)CS(=O)(=O)C(C)(C)C(N)=N3)c2F)cn1. The van der Waals surface area contributed by atoms with Crippen molar-refractivity contribution in [2.75, 3.05) is 5.75 Å². The van der Waals surface area contributed by atoms with Crippen LogP contribution in [0.1, 0.15) is 48.1 Å². The second kappa shape index (κ2) is 7.40. The lowest BCUT2D eigenvalue weighted by atomic mass is 9.89. The Hall–Kier alpha value is -2.82. The topological polar surface area (TPSA) is 115 Å². The number of halogens is 3. The number of sulfone groups is 1. The van der Waals surface area contributed by atoms with E-state index in [2.05, 4.69) is 15.0 Å². The molecule has 166 valence electrons. The largest absolute Gasteiger partial charge is 0.386 e. The van der Waals surface area contributed by atoms with Crippen molar-refractivity contribution in [3.05, 3.63) is 58.4 Å². The summed E-state index contributed by atoms with van der Waals surface area (Å²) >= 11 is 0. The maximum absolute atomic E-state index is 15.4. The van der Waals surface area contributed by atoms with Gasteiger partial charge >= 0.3 is 0 Å². The van der Waals surface area contributed by atoms with Crippen molar-refractivity contribution in [2.45, 2.75) is 44.4 Å². The number of hydrogen-bond donors (Lipinski definition) is 1. The number of aryl methyl sites for hydroxylation is 1. The van der Waals surface area contributed by atoms with Crippen LogP contribution in [0.3, 0.4) is 0 Å². The van der Waals surface area contributed by atoms with Crippen LogP contribution in [0.4, 0.5) is 13.2 Å². The lowest BCUT2D eigenvalue weighted by molar-refractivity contribution is 0.0986. The molecule has 0 radical (unpaired) electrons. The van der Waals surface area contributed by atoms with Crippen LogP contribution in [0.15, 0.2) is 23.5 Å². The molecule has 1 aromatic carbocycles. The number of aromatic nitrogens is 2. The highest BCUT2D eigenvalue weighted by Gasteiger charge is 2.51. The number of carbonyl (C=O) groups is 1. The number of amidine groups is 1. The van der Waals surface area contributed by atoms with Crippen molar-refractivity contribution >= 4 is 21.5 Å². The van der Waals surface area contributed by atoms with Gasteiger partial charge in [-0.3, -0.25) is 14.8 Å². The molecule has 0 amide bonds. The molecule has 0 unspecified atom stereocenters. The number of benzene rings is 1. The first kappa shape index (κ1) is 22.9. The average molecular weight is 454 g/mol. The van der Waals surface area contributed by atoms with Crippen LogP contribution in [0.25, 0.3) is 0 Å². The highest BCUT2D eigenvalue weighted by atomic mass is 32.2. The molecule has 11 heteroatoms. The van der Waals surface area contributed by atoms with Crippen LogP contribution in [-0.2, 0) is 21.8 Å². The maximum Gasteiger partial charge on any atom is 0.187 e. The van der Waals surface area contributed by atoms with E-state index in [1.165, 1.54) is 26.2 Å². The fraction of sp³-hybridized carbons (Fsp3) is 0.400. The Morgan fingerprint density at radius 3 is 2.32 bits per heavy atom. The molecule has 0 fully saturated rings. The van der Waals surface area contributed by atoms with Gasteiger partial charge in [-0.2, -0.15) is 0 Å². The normalized spacial score (nSPS) is 22.1. The third kappa shape index (κ3) is 3.82. The van der Waals surface area contributed by atoms with E-state index in [9.17, 15) is 22.0 Å². The van der Waals surface area contributed by atoms with Gasteiger partial charge in [0.05, 0.1) is 23.2 Å². The molecule has 0 bridgehead atoms. The minimum atomic E-state index is -3.99. The van der Waals surface area contributed by atoms with E-state index in [-0.39, 0.29) is 11.5 Å². The monoisotopic (exact) mass is 454 g/mol. The second-order valence-electron chi connectivity index (χ2n) is 8.20. The van der Waals surface area contributed by atoms with E-state index < -0.39 is 66.7 Å². The zero-order valence-corrected chi connectivity index (χ0v) is 18.1. The molecule has 2 heterocycles. The summed E-state index contributed by atoms with van der Waals surface area (Å²) in [5.41, 5.74) is 2.92. The molecule has 1 aliphatic heterocycles. The van der Waals surface area contributed by atoms with Crippen molar-refractivity contribution in [3.8, 4) is 0 Å². The minimum Gasteiger partial charge on any atom is -0.386 e. The first-order valence-electron chi connectivity index (χ1n) is 9.26. The van der Waals surface area contributed by atoms with E-state index in [0.29, 0.717) is 11.8 Å². The Bertz CT molecular complexity index is 1210. The van der Waals surface area contributed by atoms with Gasteiger partial charge in [0.15, 0.2) is 27.3 Å². The lowest BCUT2D eigenvalue weighted by Gasteiger charge is -2.38. The zero-order valence-electron chi connectivity index (χ0n) is 17.3. The number of Topliss-reactive ketones (excluding diaryl/α,β-unsaturated/α-hetero) is 1. The first-order chi connectivity index (χ1) is 14.2. The van der Waals surface area contributed by atoms with E-state index >= 15 is 4.39 Å². The van der Waals surface area contributed by atoms with Crippen LogP contribution in [0.2, 0.25) is 0 Å². The van der Waals surface area contributed by atoms with E-state index in [1.54, 1.807) is 6.92 Å². The molecule has 0 saturated carbocycles. The molecule has 0 aliphatic carbocycles. The van der Waals surface area contributed by atoms with Crippen LogP contribution < -0.4 is 5.73 Å². The van der Waals surface area contributed by atoms with Gasteiger partial charge in [0.1, 0.15) is 27.6 Å². The minimum absolute atomic E-state index is 0.0771. The predicted octanol–water partition coefficient (Wildman–Crippen LogP) is 2.41. The molecule has 0 spiro atoms. The van der Waals surface area contributed by atoms with Crippen molar-refractivity contribution in [1.82, 2.24) is 9.97 Å². The van der Waals surface area contributed by atoms with Gasteiger partial charge in [-0.1, -0.05) is 0 Å². The van der Waals surface area contributed by atoms with Gasteiger partial charge < -0.3 is 5.73 Å². The lowest BCUT2D eigenvalue weighted by Crippen LogP contribution is -2.55. The molecule has 1 atom stereocenters. The molecule has 2 aromatic rings. The first-order valence-corrected chi connectivity index (χ1v) is 10.9. The molecule has 3 rings (SSSR count). The Kier molecular flexibility index (Phi) is 5.45. The molecule has 0 saturated heterocycles. The van der Waals surface area contributed by atoms with E-state index in [1.807, 2.05) is 0 Å². The van der Waals surface area contributed by atoms with E-state index in [4.69, 9.17) is 5.73 Å². The summed E-state index contributed by atoms with van der Waals surface area (Å²) in [5, 5.41) is 0. The van der Waals surface area contributed by atoms with Crippen LogP contribution in [-0.4, -0.2) is 40.5 Å². The zero-order chi connectivity index (χ0) is 23.4. The molecule has 31 heavy (non-hydrogen) atoms. The molecule has 7 nitrogen and oxygen atoms in total. The van der Waals surface area contributed by atoms with Crippen LogP contribution in [0.5, 0.6) is 0 Å². The summed E-state index contributed by atoms with van der Waals surface area (Å²) in [4.78, 5) is 24.3. The summed E-state index contributed by atoms with van der Waals surface area (Å²) < 4.78 is 68.3. The van der Waals surface area contributed by atoms with Crippen molar-refractivity contribution in [3.63, 3.8) is 0 Å². The number of aliphatic imine (C=N–C) groups is 1. The van der Waals surface area contributed by atoms with Crippen molar-refractivity contribution in [1.29, 1.82) is 0 Å². The third-order valence-electron chi connectivity index (χ3n) is 5.42. The Morgan fingerprint density at radius 1 is 1.13 bits per heavy atom. The van der Waals surface area contributed by atoms with Crippen molar-refractivity contribution < 1.29 is 26.4 Å². The van der Waals surface area contributed by atoms with Gasteiger partial charge in [-0.15, -0.1) is 0 Å². The third-order valence-corrected chi connectivity index (χ3v) is 8.13. The Morgan fingerprint density at radius 2 is 1.77 bits per heavy atom. The summed E-state index contributed by atoms with van der Waals surface area (Å²) in [6.45, 7) is 5.47. The number of carbonyl (C=O) groups excluding carboxylic acids is 1. The Balaban J connectivity index is 2.13. The quantitative estimate of drug-likeness (QED) is 0.560. The molecular formula is C20H21F3N4O3S. The predicted molar refractivity (Wildman–Crippen MR) is 108 cm³/mol. The summed E-state index contributed by atoms with van der Waals surface area (Å²) in [5.74, 6) is -6.10. The van der Waals surface area contributed by atoms with Gasteiger partial charge in [0, 0.05) is 12.6 Å². The highest BCUT2D eigenvalue weighted by molar-refractivity contribution is 7.93. The second-order valence-corrected chi connectivity index (χ2v) is 10.7. The molecule has 1 aliphatic rings. The van der Waals surface area contributed by atoms with Gasteiger partial charge in [-0.25, -0.2) is 26.6 Å². The fourth-order valence-electron chi connectivity index (χ4n) is 3.33. The van der Waals surface area contributed by atoms with Gasteiger partial charge in [0.2, 0.25) is 0 Å². The maximum atomic E-state index is 15.4. The molecular weight excluding hydrogens is 433 g/mol. The number of hydrogen-bond acceptors (Lipinski definition) is 7. The molecule has 1 aromatic heterocycles. The smallest absolute Gasteiger partial charge is 0.187 e. The van der Waals surface area contributed by atoms with Gasteiger partial charge in [-0.05, 0) is 39.3 Å². The van der Waals surface area contributed by atoms with E-state index in [0.717, 1.165) is 6.92 Å². The summed E-state index contributed by atoms with van der Waals surface area (Å²) in [6, 6.07) is 0.561. The summed E-state index contributed by atoms with van der Waals surface area (Å²) in [7, 11) is -3.99. The highest BCUT2D eigenvalue weighted by Crippen LogP contribution is 2.40. The Labute approximate surface area is 177 Å². The average Bonchev–Trinajstić information content (AvgIpc) is 2.64. The number of nitrogens with zero attached hydrogens (tertiary/aromatic N) is 3. The number of rotatable bonds is 4. The van der Waals surface area contributed by atoms with Crippen molar-refractivity contribution in [2.24, 2.45) is 10.7 Å². The van der Waals surface area contributed by atoms with Crippen LogP contribution in [0, 0.1) is 24.4 Å². The summed E-state index contributed by atoms with van der Waals surface area (Å²) in [6.07, 6.45) is 1.90.